The number of rotatable bonds is 5. The van der Waals surface area contributed by atoms with Gasteiger partial charge < -0.3 is 0 Å². The number of benzene rings is 2. The van der Waals surface area contributed by atoms with Gasteiger partial charge in [0.2, 0.25) is 10.0 Å². The van der Waals surface area contributed by atoms with E-state index in [9.17, 15) is 16.8 Å². The van der Waals surface area contributed by atoms with Gasteiger partial charge in [0.1, 0.15) is 15.9 Å². The van der Waals surface area contributed by atoms with Crippen LogP contribution in [0.2, 0.25) is 0 Å². The third-order valence-corrected chi connectivity index (χ3v) is 8.43. The summed E-state index contributed by atoms with van der Waals surface area (Å²) in [7, 11) is -7.60. The fourth-order valence-corrected chi connectivity index (χ4v) is 6.56. The maximum atomic E-state index is 12.8. The lowest BCUT2D eigenvalue weighted by Gasteiger charge is -2.26. The summed E-state index contributed by atoms with van der Waals surface area (Å²) >= 11 is 0.934. The molecule has 1 aliphatic heterocycles. The number of nitrogens with one attached hydrogen (secondary N) is 1. The van der Waals surface area contributed by atoms with Crippen molar-refractivity contribution in [1.29, 1.82) is 0 Å². The average Bonchev–Trinajstić information content (AvgIpc) is 3.17. The first-order valence-electron chi connectivity index (χ1n) is 8.72. The van der Waals surface area contributed by atoms with Crippen molar-refractivity contribution in [2.75, 3.05) is 17.8 Å². The zero-order valence-corrected chi connectivity index (χ0v) is 17.2. The Hall–Kier alpha value is -2.08. The molecule has 0 aliphatic carbocycles. The van der Waals surface area contributed by atoms with Gasteiger partial charge >= 0.3 is 0 Å². The van der Waals surface area contributed by atoms with Crippen LogP contribution in [0.4, 0.5) is 5.69 Å². The monoisotopic (exact) mass is 438 g/mol. The van der Waals surface area contributed by atoms with Gasteiger partial charge in [-0.25, -0.2) is 16.8 Å². The van der Waals surface area contributed by atoms with Crippen LogP contribution in [0.1, 0.15) is 19.3 Å². The minimum absolute atomic E-state index is 0.00282. The van der Waals surface area contributed by atoms with Gasteiger partial charge in [-0.3, -0.25) is 4.72 Å². The number of hydrogen-bond donors (Lipinski definition) is 1. The molecule has 28 heavy (non-hydrogen) atoms. The molecule has 2 heterocycles. The molecule has 0 saturated carbocycles. The summed E-state index contributed by atoms with van der Waals surface area (Å²) < 4.78 is 63.4. The summed E-state index contributed by atoms with van der Waals surface area (Å²) in [6, 6.07) is 10.6. The number of sulfonamides is 2. The maximum absolute atomic E-state index is 12.8. The van der Waals surface area contributed by atoms with Crippen LogP contribution < -0.4 is 4.72 Å². The third kappa shape index (κ3) is 3.62. The summed E-state index contributed by atoms with van der Waals surface area (Å²) in [5.74, 6) is 0. The number of anilines is 1. The van der Waals surface area contributed by atoms with E-state index in [-0.39, 0.29) is 21.0 Å². The molecule has 4 rings (SSSR count). The van der Waals surface area contributed by atoms with Crippen LogP contribution in [0, 0.1) is 0 Å². The first-order valence-corrected chi connectivity index (χ1v) is 12.4. The first kappa shape index (κ1) is 19.2. The molecule has 2 aromatic carbocycles. The molecule has 11 heteroatoms. The van der Waals surface area contributed by atoms with Crippen LogP contribution in [0.3, 0.4) is 0 Å². The predicted molar refractivity (Wildman–Crippen MR) is 107 cm³/mol. The van der Waals surface area contributed by atoms with Gasteiger partial charge in [-0.15, -0.1) is 0 Å². The quantitative estimate of drug-likeness (QED) is 0.656. The highest BCUT2D eigenvalue weighted by Gasteiger charge is 2.27. The molecule has 1 fully saturated rings. The van der Waals surface area contributed by atoms with E-state index in [1.807, 2.05) is 0 Å². The molecule has 8 nitrogen and oxygen atoms in total. The van der Waals surface area contributed by atoms with Gasteiger partial charge in [0.15, 0.2) is 0 Å². The zero-order chi connectivity index (χ0) is 19.8. The Balaban J connectivity index is 1.66. The van der Waals surface area contributed by atoms with Crippen LogP contribution in [0.5, 0.6) is 0 Å². The second-order valence-electron chi connectivity index (χ2n) is 6.49. The molecule has 1 N–H and O–H groups in total. The normalized spacial score (nSPS) is 16.3. The standard InChI is InChI=1S/C17H18N4O4S3/c22-27(23,16-9-5-8-15-17(16)19-26-18-15)20-13-6-4-7-14(12-13)28(24,25)21-10-2-1-3-11-21/h4-9,12,20H,1-3,10-11H2. The van der Waals surface area contributed by atoms with E-state index in [0.29, 0.717) is 18.6 Å². The van der Waals surface area contributed by atoms with Crippen molar-refractivity contribution in [3.05, 3.63) is 42.5 Å². The Morgan fingerprint density at radius 1 is 0.929 bits per heavy atom. The van der Waals surface area contributed by atoms with E-state index in [4.69, 9.17) is 0 Å². The minimum atomic E-state index is -3.95. The molecule has 0 unspecified atom stereocenters. The van der Waals surface area contributed by atoms with E-state index < -0.39 is 20.0 Å². The summed E-state index contributed by atoms with van der Waals surface area (Å²) in [5.41, 5.74) is 0.963. The highest BCUT2D eigenvalue weighted by molar-refractivity contribution is 7.93. The van der Waals surface area contributed by atoms with E-state index in [0.717, 1.165) is 31.0 Å². The van der Waals surface area contributed by atoms with Crippen molar-refractivity contribution in [1.82, 2.24) is 13.1 Å². The summed E-state index contributed by atoms with van der Waals surface area (Å²) in [6.07, 6.45) is 2.68. The van der Waals surface area contributed by atoms with Gasteiger partial charge in [0.25, 0.3) is 10.0 Å². The molecule has 1 aliphatic rings. The summed E-state index contributed by atoms with van der Waals surface area (Å²) in [6.45, 7) is 0.966. The van der Waals surface area contributed by atoms with Gasteiger partial charge in [0, 0.05) is 13.1 Å². The number of nitrogens with zero attached hydrogens (tertiary/aromatic N) is 3. The molecule has 0 atom stereocenters. The Morgan fingerprint density at radius 2 is 1.68 bits per heavy atom. The Labute approximate surface area is 167 Å². The highest BCUT2D eigenvalue weighted by atomic mass is 32.2. The molecule has 1 saturated heterocycles. The highest BCUT2D eigenvalue weighted by Crippen LogP contribution is 2.26. The molecule has 3 aromatic rings. The molecule has 0 amide bonds. The van der Waals surface area contributed by atoms with E-state index >= 15 is 0 Å². The summed E-state index contributed by atoms with van der Waals surface area (Å²) in [5, 5.41) is 0. The maximum Gasteiger partial charge on any atom is 0.264 e. The van der Waals surface area contributed by atoms with E-state index in [1.54, 1.807) is 12.1 Å². The second-order valence-corrected chi connectivity index (χ2v) is 10.6. The Kier molecular flexibility index (Phi) is 5.08. The Morgan fingerprint density at radius 3 is 2.46 bits per heavy atom. The van der Waals surface area contributed by atoms with Crippen LogP contribution in [0.25, 0.3) is 11.0 Å². The van der Waals surface area contributed by atoms with E-state index in [1.165, 1.54) is 34.6 Å². The lowest BCUT2D eigenvalue weighted by Crippen LogP contribution is -2.35. The number of piperidine rings is 1. The smallest absolute Gasteiger partial charge is 0.264 e. The number of hydrogen-bond acceptors (Lipinski definition) is 7. The Bertz CT molecular complexity index is 1220. The van der Waals surface area contributed by atoms with Crippen LogP contribution in [-0.4, -0.2) is 43.0 Å². The number of fused-ring (bicyclic) bond motifs is 1. The van der Waals surface area contributed by atoms with Crippen molar-refractivity contribution >= 4 is 48.5 Å². The van der Waals surface area contributed by atoms with Crippen molar-refractivity contribution < 1.29 is 16.8 Å². The van der Waals surface area contributed by atoms with Crippen molar-refractivity contribution in [2.45, 2.75) is 29.1 Å². The molecule has 0 spiro atoms. The molecular formula is C17H18N4O4S3. The van der Waals surface area contributed by atoms with Gasteiger partial charge in [0.05, 0.1) is 22.3 Å². The topological polar surface area (TPSA) is 109 Å². The number of aromatic nitrogens is 2. The molecule has 0 radical (unpaired) electrons. The molecular weight excluding hydrogens is 420 g/mol. The van der Waals surface area contributed by atoms with Crippen LogP contribution in [-0.2, 0) is 20.0 Å². The molecule has 1 aromatic heterocycles. The second kappa shape index (κ2) is 7.39. The van der Waals surface area contributed by atoms with Gasteiger partial charge in [-0.1, -0.05) is 18.6 Å². The van der Waals surface area contributed by atoms with Gasteiger partial charge in [-0.2, -0.15) is 13.1 Å². The molecule has 148 valence electrons. The third-order valence-electron chi connectivity index (χ3n) is 4.58. The van der Waals surface area contributed by atoms with Crippen LogP contribution >= 0.6 is 11.7 Å². The van der Waals surface area contributed by atoms with Crippen molar-refractivity contribution in [3.63, 3.8) is 0 Å². The zero-order valence-electron chi connectivity index (χ0n) is 14.8. The van der Waals surface area contributed by atoms with Crippen molar-refractivity contribution in [3.8, 4) is 0 Å². The van der Waals surface area contributed by atoms with E-state index in [2.05, 4.69) is 13.5 Å². The predicted octanol–water partition coefficient (Wildman–Crippen LogP) is 2.67. The average molecular weight is 439 g/mol. The minimum Gasteiger partial charge on any atom is -0.280 e. The van der Waals surface area contributed by atoms with Crippen LogP contribution in [0.15, 0.2) is 52.3 Å². The van der Waals surface area contributed by atoms with Crippen molar-refractivity contribution in [2.24, 2.45) is 0 Å². The lowest BCUT2D eigenvalue weighted by molar-refractivity contribution is 0.346. The summed E-state index contributed by atoms with van der Waals surface area (Å²) in [4.78, 5) is 0.0752. The SMILES string of the molecule is O=S(=O)(Nc1cccc(S(=O)(=O)N2CCCCC2)c1)c1cccc2nsnc12. The fraction of sp³-hybridized carbons (Fsp3) is 0.294. The molecule has 0 bridgehead atoms. The largest absolute Gasteiger partial charge is 0.280 e. The fourth-order valence-electron chi connectivity index (χ4n) is 3.18. The lowest BCUT2D eigenvalue weighted by atomic mass is 10.2. The first-order chi connectivity index (χ1) is 13.4. The van der Waals surface area contributed by atoms with Gasteiger partial charge in [-0.05, 0) is 43.2 Å².